The van der Waals surface area contributed by atoms with E-state index in [1.165, 1.54) is 29.2 Å². The minimum absolute atomic E-state index is 0.0308. The first-order valence-corrected chi connectivity index (χ1v) is 13.6. The Balaban J connectivity index is 2.40. The van der Waals surface area contributed by atoms with Gasteiger partial charge in [-0.1, -0.05) is 47.8 Å². The molecule has 2 unspecified atom stereocenters. The number of carbonyl (C=O) groups is 2. The summed E-state index contributed by atoms with van der Waals surface area (Å²) in [5.74, 6) is -0.904. The summed E-state index contributed by atoms with van der Waals surface area (Å²) in [6, 6.07) is 10.0. The predicted octanol–water partition coefficient (Wildman–Crippen LogP) is 4.74. The maximum Gasteiger partial charge on any atom is 0.244 e. The van der Waals surface area contributed by atoms with Crippen LogP contribution in [0, 0.1) is 0 Å². The van der Waals surface area contributed by atoms with Crippen LogP contribution in [-0.2, 0) is 26.2 Å². The van der Waals surface area contributed by atoms with Crippen LogP contribution in [0.25, 0.3) is 0 Å². The van der Waals surface area contributed by atoms with Crippen molar-refractivity contribution in [2.24, 2.45) is 0 Å². The summed E-state index contributed by atoms with van der Waals surface area (Å²) in [7, 11) is -3.81. The first-order valence-electron chi connectivity index (χ1n) is 10.6. The normalized spacial score (nSPS) is 13.1. The summed E-state index contributed by atoms with van der Waals surface area (Å²) in [6.45, 7) is 4.93. The molecule has 7 nitrogen and oxygen atoms in total. The third-order valence-corrected chi connectivity index (χ3v) is 7.43. The zero-order valence-electron chi connectivity index (χ0n) is 19.4. The second-order valence-corrected chi connectivity index (χ2v) is 11.2. The lowest BCUT2D eigenvalue weighted by Gasteiger charge is -2.32. The molecule has 0 bridgehead atoms. The molecule has 0 heterocycles. The average molecular weight is 549 g/mol. The van der Waals surface area contributed by atoms with Crippen LogP contribution in [0.2, 0.25) is 15.1 Å². The Bertz CT molecular complexity index is 1130. The molecule has 11 heteroatoms. The highest BCUT2D eigenvalue weighted by molar-refractivity contribution is 7.92. The highest BCUT2D eigenvalue weighted by Gasteiger charge is 2.30. The van der Waals surface area contributed by atoms with Gasteiger partial charge in [0.1, 0.15) is 12.6 Å². The molecule has 0 aliphatic rings. The van der Waals surface area contributed by atoms with Crippen molar-refractivity contribution >= 4 is 62.3 Å². The molecule has 0 aromatic heterocycles. The van der Waals surface area contributed by atoms with Crippen LogP contribution >= 0.6 is 34.8 Å². The van der Waals surface area contributed by atoms with E-state index < -0.39 is 28.5 Å². The lowest BCUT2D eigenvalue weighted by atomic mass is 10.1. The zero-order chi connectivity index (χ0) is 25.6. The van der Waals surface area contributed by atoms with Gasteiger partial charge in [-0.3, -0.25) is 13.9 Å². The standard InChI is InChI=1S/C23H28Cl3N3O4S/c1-5-15(2)27-23(31)16(3)28(13-17-6-11-20(25)21(26)12-17)22(30)14-29(34(4,32)33)19-9-7-18(24)8-10-19/h6-12,15-16H,5,13-14H2,1-4H3,(H,27,31). The number of nitrogens with zero attached hydrogens (tertiary/aromatic N) is 2. The SMILES string of the molecule is CCC(C)NC(=O)C(C)N(Cc1ccc(Cl)c(Cl)c1)C(=O)CN(c1ccc(Cl)cc1)S(C)(=O)=O. The molecular formula is C23H28Cl3N3O4S. The third-order valence-electron chi connectivity index (χ3n) is 5.30. The minimum Gasteiger partial charge on any atom is -0.352 e. The summed E-state index contributed by atoms with van der Waals surface area (Å²) in [4.78, 5) is 27.6. The van der Waals surface area contributed by atoms with Gasteiger partial charge in [0.05, 0.1) is 22.0 Å². The number of hydrogen-bond donors (Lipinski definition) is 1. The molecule has 0 aliphatic heterocycles. The Kier molecular flexibility index (Phi) is 10.1. The zero-order valence-corrected chi connectivity index (χ0v) is 22.5. The van der Waals surface area contributed by atoms with Gasteiger partial charge in [-0.15, -0.1) is 0 Å². The first-order chi connectivity index (χ1) is 15.8. The van der Waals surface area contributed by atoms with Crippen LogP contribution < -0.4 is 9.62 Å². The molecule has 2 amide bonds. The first kappa shape index (κ1) is 28.2. The maximum absolute atomic E-state index is 13.5. The second kappa shape index (κ2) is 12.1. The molecule has 0 saturated heterocycles. The van der Waals surface area contributed by atoms with E-state index in [2.05, 4.69) is 5.32 Å². The van der Waals surface area contributed by atoms with Crippen molar-refractivity contribution in [3.8, 4) is 0 Å². The molecule has 2 aromatic rings. The molecule has 0 spiro atoms. The van der Waals surface area contributed by atoms with E-state index in [1.807, 2.05) is 13.8 Å². The highest BCUT2D eigenvalue weighted by atomic mass is 35.5. The van der Waals surface area contributed by atoms with Crippen molar-refractivity contribution < 1.29 is 18.0 Å². The number of rotatable bonds is 10. The number of carbonyl (C=O) groups excluding carboxylic acids is 2. The molecule has 1 N–H and O–H groups in total. The van der Waals surface area contributed by atoms with Gasteiger partial charge in [0, 0.05) is 17.6 Å². The lowest BCUT2D eigenvalue weighted by molar-refractivity contribution is -0.139. The monoisotopic (exact) mass is 547 g/mol. The van der Waals surface area contributed by atoms with E-state index >= 15 is 0 Å². The van der Waals surface area contributed by atoms with Crippen molar-refractivity contribution in [2.45, 2.75) is 45.8 Å². The van der Waals surface area contributed by atoms with Gasteiger partial charge in [-0.05, 0) is 62.2 Å². The predicted molar refractivity (Wildman–Crippen MR) is 138 cm³/mol. The Morgan fingerprint density at radius 3 is 2.15 bits per heavy atom. The maximum atomic E-state index is 13.5. The summed E-state index contributed by atoms with van der Waals surface area (Å²) in [5.41, 5.74) is 0.926. The van der Waals surface area contributed by atoms with Gasteiger partial charge in [0.15, 0.2) is 0 Å². The molecule has 0 aliphatic carbocycles. The summed E-state index contributed by atoms with van der Waals surface area (Å²) >= 11 is 18.1. The minimum atomic E-state index is -3.81. The van der Waals surface area contributed by atoms with Crippen LogP contribution in [0.4, 0.5) is 5.69 Å². The van der Waals surface area contributed by atoms with Crippen molar-refractivity contribution in [2.75, 3.05) is 17.1 Å². The number of nitrogens with one attached hydrogen (secondary N) is 1. The summed E-state index contributed by atoms with van der Waals surface area (Å²) < 4.78 is 26.0. The average Bonchev–Trinajstić information content (AvgIpc) is 2.77. The van der Waals surface area contributed by atoms with Crippen LogP contribution in [0.15, 0.2) is 42.5 Å². The molecule has 0 fully saturated rings. The summed E-state index contributed by atoms with van der Waals surface area (Å²) in [5, 5.41) is 3.96. The number of hydrogen-bond acceptors (Lipinski definition) is 4. The van der Waals surface area contributed by atoms with E-state index in [0.29, 0.717) is 20.6 Å². The molecule has 0 saturated carbocycles. The number of anilines is 1. The van der Waals surface area contributed by atoms with E-state index in [9.17, 15) is 18.0 Å². The van der Waals surface area contributed by atoms with Crippen LogP contribution in [0.5, 0.6) is 0 Å². The van der Waals surface area contributed by atoms with Crippen LogP contribution in [-0.4, -0.2) is 50.0 Å². The number of amides is 2. The molecule has 186 valence electrons. The van der Waals surface area contributed by atoms with Crippen molar-refractivity contribution in [1.82, 2.24) is 10.2 Å². The molecule has 2 atom stereocenters. The highest BCUT2D eigenvalue weighted by Crippen LogP contribution is 2.25. The van der Waals surface area contributed by atoms with Crippen molar-refractivity contribution in [3.05, 3.63) is 63.1 Å². The van der Waals surface area contributed by atoms with Gasteiger partial charge >= 0.3 is 0 Å². The fraction of sp³-hybridized carbons (Fsp3) is 0.391. The third kappa shape index (κ3) is 7.77. The Morgan fingerprint density at radius 2 is 1.62 bits per heavy atom. The smallest absolute Gasteiger partial charge is 0.244 e. The van der Waals surface area contributed by atoms with E-state index in [-0.39, 0.29) is 24.2 Å². The van der Waals surface area contributed by atoms with Gasteiger partial charge in [0.25, 0.3) is 0 Å². The molecule has 2 aromatic carbocycles. The largest absolute Gasteiger partial charge is 0.352 e. The Morgan fingerprint density at radius 1 is 1.00 bits per heavy atom. The lowest BCUT2D eigenvalue weighted by Crippen LogP contribution is -2.52. The molecular weight excluding hydrogens is 521 g/mol. The Labute approximate surface area is 216 Å². The van der Waals surface area contributed by atoms with E-state index in [1.54, 1.807) is 25.1 Å². The van der Waals surface area contributed by atoms with E-state index in [4.69, 9.17) is 34.8 Å². The molecule has 0 radical (unpaired) electrons. The number of halogens is 3. The fourth-order valence-electron chi connectivity index (χ4n) is 3.10. The van der Waals surface area contributed by atoms with Gasteiger partial charge in [-0.2, -0.15) is 0 Å². The summed E-state index contributed by atoms with van der Waals surface area (Å²) in [6.07, 6.45) is 1.73. The van der Waals surface area contributed by atoms with E-state index in [0.717, 1.165) is 17.0 Å². The van der Waals surface area contributed by atoms with Gasteiger partial charge in [0.2, 0.25) is 21.8 Å². The van der Waals surface area contributed by atoms with Crippen molar-refractivity contribution in [1.29, 1.82) is 0 Å². The fourth-order valence-corrected chi connectivity index (χ4v) is 4.40. The number of benzene rings is 2. The molecule has 2 rings (SSSR count). The van der Waals surface area contributed by atoms with Crippen LogP contribution in [0.1, 0.15) is 32.8 Å². The van der Waals surface area contributed by atoms with Gasteiger partial charge < -0.3 is 10.2 Å². The van der Waals surface area contributed by atoms with Gasteiger partial charge in [-0.25, -0.2) is 8.42 Å². The second-order valence-electron chi connectivity index (χ2n) is 8.01. The quantitative estimate of drug-likeness (QED) is 0.464. The van der Waals surface area contributed by atoms with Crippen LogP contribution in [0.3, 0.4) is 0 Å². The topological polar surface area (TPSA) is 86.8 Å². The Hall–Kier alpha value is -2.00. The van der Waals surface area contributed by atoms with Crippen molar-refractivity contribution in [3.63, 3.8) is 0 Å². The number of sulfonamides is 1. The molecule has 34 heavy (non-hydrogen) atoms.